The lowest BCUT2D eigenvalue weighted by molar-refractivity contribution is -0.124. The normalized spacial score (nSPS) is 12.8. The van der Waals surface area contributed by atoms with E-state index in [1.807, 2.05) is 6.07 Å². The summed E-state index contributed by atoms with van der Waals surface area (Å²) < 4.78 is 18.2. The van der Waals surface area contributed by atoms with Crippen molar-refractivity contribution < 1.29 is 19.0 Å². The van der Waals surface area contributed by atoms with Gasteiger partial charge in [-0.05, 0) is 36.8 Å². The molecule has 1 amide bonds. The Balaban J connectivity index is 1.89. The Morgan fingerprint density at radius 2 is 1.96 bits per heavy atom. The van der Waals surface area contributed by atoms with Crippen molar-refractivity contribution in [3.8, 4) is 11.8 Å². The SMILES string of the molecule is C[C@H](NC(=O)COc1ccccc1C#N)[C@H](O)c1ccc(F)cc1. The molecular weight excluding hydrogens is 311 g/mol. The number of hydrogen-bond donors (Lipinski definition) is 2. The van der Waals surface area contributed by atoms with Gasteiger partial charge >= 0.3 is 0 Å². The second-order valence-electron chi connectivity index (χ2n) is 5.25. The largest absolute Gasteiger partial charge is 0.482 e. The molecule has 2 aromatic carbocycles. The molecule has 124 valence electrons. The molecule has 0 spiro atoms. The van der Waals surface area contributed by atoms with Crippen LogP contribution in [0.25, 0.3) is 0 Å². The molecule has 0 aliphatic rings. The summed E-state index contributed by atoms with van der Waals surface area (Å²) in [7, 11) is 0. The van der Waals surface area contributed by atoms with Gasteiger partial charge in [-0.2, -0.15) is 5.26 Å². The average Bonchev–Trinajstić information content (AvgIpc) is 2.60. The molecule has 0 unspecified atom stereocenters. The highest BCUT2D eigenvalue weighted by Crippen LogP contribution is 2.18. The van der Waals surface area contributed by atoms with Gasteiger partial charge < -0.3 is 15.2 Å². The minimum absolute atomic E-state index is 0.279. The highest BCUT2D eigenvalue weighted by atomic mass is 19.1. The summed E-state index contributed by atoms with van der Waals surface area (Å²) in [6.45, 7) is 1.36. The van der Waals surface area contributed by atoms with E-state index in [4.69, 9.17) is 10.00 Å². The third-order valence-corrected chi connectivity index (χ3v) is 3.44. The van der Waals surface area contributed by atoms with Crippen LogP contribution in [0, 0.1) is 17.1 Å². The van der Waals surface area contributed by atoms with E-state index in [0.717, 1.165) is 0 Å². The smallest absolute Gasteiger partial charge is 0.258 e. The van der Waals surface area contributed by atoms with E-state index < -0.39 is 23.9 Å². The number of halogens is 1. The van der Waals surface area contributed by atoms with Crippen LogP contribution in [0.15, 0.2) is 48.5 Å². The summed E-state index contributed by atoms with van der Waals surface area (Å²) in [5, 5.41) is 21.7. The van der Waals surface area contributed by atoms with E-state index in [-0.39, 0.29) is 6.61 Å². The fraction of sp³-hybridized carbons (Fsp3) is 0.222. The molecule has 2 rings (SSSR count). The molecule has 2 atom stereocenters. The van der Waals surface area contributed by atoms with Crippen molar-refractivity contribution in [2.75, 3.05) is 6.61 Å². The van der Waals surface area contributed by atoms with Gasteiger partial charge in [-0.3, -0.25) is 4.79 Å². The van der Waals surface area contributed by atoms with E-state index >= 15 is 0 Å². The summed E-state index contributed by atoms with van der Waals surface area (Å²) in [5.74, 6) is -0.509. The number of aliphatic hydroxyl groups is 1. The van der Waals surface area contributed by atoms with Crippen LogP contribution >= 0.6 is 0 Å². The summed E-state index contributed by atoms with van der Waals surface area (Å²) in [6, 6.07) is 13.4. The molecule has 2 aromatic rings. The Morgan fingerprint density at radius 3 is 2.62 bits per heavy atom. The minimum atomic E-state index is -0.971. The number of para-hydroxylation sites is 1. The van der Waals surface area contributed by atoms with Crippen LogP contribution < -0.4 is 10.1 Å². The summed E-state index contributed by atoms with van der Waals surface area (Å²) in [6.07, 6.45) is -0.971. The second-order valence-corrected chi connectivity index (χ2v) is 5.25. The fourth-order valence-electron chi connectivity index (χ4n) is 2.15. The van der Waals surface area contributed by atoms with Crippen molar-refractivity contribution in [1.29, 1.82) is 5.26 Å². The Bertz CT molecular complexity index is 741. The van der Waals surface area contributed by atoms with Crippen molar-refractivity contribution in [1.82, 2.24) is 5.32 Å². The highest BCUT2D eigenvalue weighted by molar-refractivity contribution is 5.78. The monoisotopic (exact) mass is 328 g/mol. The standard InChI is InChI=1S/C18H17FN2O3/c1-12(18(23)13-6-8-15(19)9-7-13)21-17(22)11-24-16-5-3-2-4-14(16)10-20/h2-9,12,18,23H,11H2,1H3,(H,21,22)/t12-,18-/m0/s1. The molecule has 0 radical (unpaired) electrons. The van der Waals surface area contributed by atoms with Crippen LogP contribution in [0.2, 0.25) is 0 Å². The van der Waals surface area contributed by atoms with Gasteiger partial charge in [0.15, 0.2) is 6.61 Å². The Morgan fingerprint density at radius 1 is 1.29 bits per heavy atom. The number of benzene rings is 2. The predicted molar refractivity (Wildman–Crippen MR) is 85.6 cm³/mol. The first-order valence-corrected chi connectivity index (χ1v) is 7.36. The second kappa shape index (κ2) is 8.09. The van der Waals surface area contributed by atoms with Gasteiger partial charge in [-0.1, -0.05) is 24.3 Å². The number of rotatable bonds is 6. The summed E-state index contributed by atoms with van der Waals surface area (Å²) in [5.41, 5.74) is 0.838. The van der Waals surface area contributed by atoms with Gasteiger partial charge in [-0.25, -0.2) is 4.39 Å². The summed E-state index contributed by atoms with van der Waals surface area (Å²) >= 11 is 0. The number of aliphatic hydroxyl groups excluding tert-OH is 1. The molecule has 0 aromatic heterocycles. The number of nitriles is 1. The van der Waals surface area contributed by atoms with Gasteiger partial charge in [0.25, 0.3) is 5.91 Å². The molecule has 0 saturated carbocycles. The Hall–Kier alpha value is -2.91. The van der Waals surface area contributed by atoms with Crippen LogP contribution in [0.3, 0.4) is 0 Å². The van der Waals surface area contributed by atoms with Gasteiger partial charge in [0, 0.05) is 0 Å². The first-order chi connectivity index (χ1) is 11.5. The van der Waals surface area contributed by atoms with Crippen LogP contribution in [0.1, 0.15) is 24.2 Å². The number of carbonyl (C=O) groups is 1. The lowest BCUT2D eigenvalue weighted by atomic mass is 10.0. The van der Waals surface area contributed by atoms with Gasteiger partial charge in [-0.15, -0.1) is 0 Å². The topological polar surface area (TPSA) is 82.3 Å². The minimum Gasteiger partial charge on any atom is -0.482 e. The van der Waals surface area contributed by atoms with Gasteiger partial charge in [0.05, 0.1) is 17.7 Å². The molecule has 0 bridgehead atoms. The predicted octanol–water partition coefficient (Wildman–Crippen LogP) is 2.31. The maximum absolute atomic E-state index is 12.9. The number of hydrogen-bond acceptors (Lipinski definition) is 4. The highest BCUT2D eigenvalue weighted by Gasteiger charge is 2.19. The van der Waals surface area contributed by atoms with Crippen LogP contribution in [-0.2, 0) is 4.79 Å². The zero-order chi connectivity index (χ0) is 17.5. The zero-order valence-electron chi connectivity index (χ0n) is 13.1. The lowest BCUT2D eigenvalue weighted by Crippen LogP contribution is -2.39. The molecule has 24 heavy (non-hydrogen) atoms. The van der Waals surface area contributed by atoms with Crippen LogP contribution in [-0.4, -0.2) is 23.7 Å². The van der Waals surface area contributed by atoms with Crippen molar-refractivity contribution in [3.05, 3.63) is 65.5 Å². The quantitative estimate of drug-likeness (QED) is 0.852. The first-order valence-electron chi connectivity index (χ1n) is 7.36. The third kappa shape index (κ3) is 4.54. The zero-order valence-corrected chi connectivity index (χ0v) is 13.1. The molecule has 2 N–H and O–H groups in total. The fourth-order valence-corrected chi connectivity index (χ4v) is 2.15. The number of ether oxygens (including phenoxy) is 1. The number of nitrogens with zero attached hydrogens (tertiary/aromatic N) is 1. The third-order valence-electron chi connectivity index (χ3n) is 3.44. The van der Waals surface area contributed by atoms with E-state index in [9.17, 15) is 14.3 Å². The summed E-state index contributed by atoms with van der Waals surface area (Å²) in [4.78, 5) is 11.9. The van der Waals surface area contributed by atoms with Gasteiger partial charge in [0.2, 0.25) is 0 Å². The molecule has 5 nitrogen and oxygen atoms in total. The van der Waals surface area contributed by atoms with Crippen LogP contribution in [0.5, 0.6) is 5.75 Å². The van der Waals surface area contributed by atoms with Gasteiger partial charge in [0.1, 0.15) is 17.6 Å². The van der Waals surface area contributed by atoms with E-state index in [1.165, 1.54) is 24.3 Å². The van der Waals surface area contributed by atoms with E-state index in [0.29, 0.717) is 16.9 Å². The molecular formula is C18H17FN2O3. The van der Waals surface area contributed by atoms with E-state index in [2.05, 4.69) is 5.32 Å². The number of amides is 1. The number of carbonyl (C=O) groups excluding carboxylic acids is 1. The van der Waals surface area contributed by atoms with E-state index in [1.54, 1.807) is 31.2 Å². The molecule has 0 heterocycles. The number of nitrogens with one attached hydrogen (secondary N) is 1. The van der Waals surface area contributed by atoms with Crippen molar-refractivity contribution >= 4 is 5.91 Å². The first kappa shape index (κ1) is 17.4. The maximum Gasteiger partial charge on any atom is 0.258 e. The van der Waals surface area contributed by atoms with Crippen LogP contribution in [0.4, 0.5) is 4.39 Å². The van der Waals surface area contributed by atoms with Crippen molar-refractivity contribution in [2.45, 2.75) is 19.1 Å². The molecule has 6 heteroatoms. The average molecular weight is 328 g/mol. The molecule has 0 aliphatic heterocycles. The Kier molecular flexibility index (Phi) is 5.88. The molecule has 0 fully saturated rings. The molecule has 0 saturated heterocycles. The van der Waals surface area contributed by atoms with Crippen molar-refractivity contribution in [3.63, 3.8) is 0 Å². The lowest BCUT2D eigenvalue weighted by Gasteiger charge is -2.20. The maximum atomic E-state index is 12.9. The van der Waals surface area contributed by atoms with Crippen molar-refractivity contribution in [2.24, 2.45) is 0 Å². The molecule has 0 aliphatic carbocycles. The Labute approximate surface area is 139 Å².